The van der Waals surface area contributed by atoms with E-state index in [-0.39, 0.29) is 12.1 Å². The van der Waals surface area contributed by atoms with Crippen LogP contribution in [0.4, 0.5) is 11.6 Å². The molecule has 0 bridgehead atoms. The van der Waals surface area contributed by atoms with Gasteiger partial charge in [0.25, 0.3) is 5.56 Å². The summed E-state index contributed by atoms with van der Waals surface area (Å²) in [6, 6.07) is 5.32. The molecule has 1 aromatic carbocycles. The highest BCUT2D eigenvalue weighted by molar-refractivity contribution is 6.42. The first-order chi connectivity index (χ1) is 15.5. The molecule has 2 aromatic rings. The Labute approximate surface area is 197 Å². The summed E-state index contributed by atoms with van der Waals surface area (Å²) in [5.74, 6) is 6.09. The first-order valence-corrected chi connectivity index (χ1v) is 11.3. The summed E-state index contributed by atoms with van der Waals surface area (Å²) in [5.41, 5.74) is 7.25. The number of hydrogen-bond donors (Lipinski definition) is 5. The Morgan fingerprint density at radius 2 is 1.91 bits per heavy atom. The first-order valence-electron chi connectivity index (χ1n) is 10.5. The number of H-pyrrole nitrogens is 1. The molecule has 1 aliphatic rings. The summed E-state index contributed by atoms with van der Waals surface area (Å²) in [5, 5.41) is 8.94. The van der Waals surface area contributed by atoms with Gasteiger partial charge in [-0.05, 0) is 17.7 Å². The fourth-order valence-corrected chi connectivity index (χ4v) is 3.62. The van der Waals surface area contributed by atoms with Crippen LogP contribution in [0.15, 0.2) is 23.0 Å². The molecule has 0 saturated carbocycles. The fraction of sp³-hybridized carbons (Fsp3) is 0.500. The smallest absolute Gasteiger partial charge is 0.275 e. The van der Waals surface area contributed by atoms with Crippen LogP contribution < -0.4 is 27.8 Å². The number of aromatic amines is 1. The Morgan fingerprint density at radius 3 is 2.62 bits per heavy atom. The van der Waals surface area contributed by atoms with Crippen molar-refractivity contribution in [3.8, 4) is 0 Å². The van der Waals surface area contributed by atoms with Crippen LogP contribution in [0.5, 0.6) is 0 Å². The van der Waals surface area contributed by atoms with E-state index in [2.05, 4.69) is 25.5 Å². The molecule has 7 N–H and O–H groups in total. The second-order valence-corrected chi connectivity index (χ2v) is 8.27. The third kappa shape index (κ3) is 7.31. The SMILES string of the molecule is NCc1nc(NCc2ccc(Cl)c(Cl)c2)[nH]c(=O)c1NCCOCCN1CCN(N)CC1. The standard InChI is InChI=1S/C20H30Cl2N8O2/c21-15-2-1-14(11-16(15)22)13-26-20-27-17(12-23)18(19(31)28-20)25-3-9-32-10-8-29-4-6-30(24)7-5-29/h1-2,11,25H,3-10,12-13,23-24H2,(H2,26,27,28,31). The van der Waals surface area contributed by atoms with Crippen LogP contribution in [-0.4, -0.2) is 72.4 Å². The fourth-order valence-electron chi connectivity index (χ4n) is 3.30. The summed E-state index contributed by atoms with van der Waals surface area (Å²) >= 11 is 12.0. The summed E-state index contributed by atoms with van der Waals surface area (Å²) in [6.45, 7) is 6.63. The molecular weight excluding hydrogens is 455 g/mol. The molecule has 10 nitrogen and oxygen atoms in total. The minimum absolute atomic E-state index is 0.127. The van der Waals surface area contributed by atoms with Crippen molar-refractivity contribution >= 4 is 34.8 Å². The lowest BCUT2D eigenvalue weighted by Gasteiger charge is -2.31. The minimum atomic E-state index is -0.295. The van der Waals surface area contributed by atoms with E-state index >= 15 is 0 Å². The van der Waals surface area contributed by atoms with Crippen LogP contribution >= 0.6 is 23.2 Å². The molecule has 0 radical (unpaired) electrons. The van der Waals surface area contributed by atoms with Gasteiger partial charge >= 0.3 is 0 Å². The van der Waals surface area contributed by atoms with Crippen molar-refractivity contribution < 1.29 is 4.74 Å². The number of benzene rings is 1. The quantitative estimate of drug-likeness (QED) is 0.234. The molecule has 0 spiro atoms. The summed E-state index contributed by atoms with van der Waals surface area (Å²) in [6.07, 6.45) is 0. The number of anilines is 2. The zero-order valence-electron chi connectivity index (χ0n) is 17.9. The second kappa shape index (κ2) is 12.4. The lowest BCUT2D eigenvalue weighted by molar-refractivity contribution is 0.0797. The van der Waals surface area contributed by atoms with Crippen molar-refractivity contribution in [2.45, 2.75) is 13.1 Å². The van der Waals surface area contributed by atoms with Gasteiger partial charge in [-0.3, -0.25) is 20.5 Å². The molecule has 1 aromatic heterocycles. The van der Waals surface area contributed by atoms with Crippen molar-refractivity contribution in [1.29, 1.82) is 0 Å². The average molecular weight is 485 g/mol. The van der Waals surface area contributed by atoms with E-state index in [9.17, 15) is 4.79 Å². The molecule has 0 amide bonds. The number of halogens is 2. The molecule has 0 atom stereocenters. The van der Waals surface area contributed by atoms with Gasteiger partial charge in [0.1, 0.15) is 5.69 Å². The number of nitrogens with two attached hydrogens (primary N) is 2. The Morgan fingerprint density at radius 1 is 1.12 bits per heavy atom. The molecular formula is C20H30Cl2N8O2. The van der Waals surface area contributed by atoms with Crippen LogP contribution in [0, 0.1) is 0 Å². The molecule has 2 heterocycles. The number of hydrogen-bond acceptors (Lipinski definition) is 9. The monoisotopic (exact) mass is 484 g/mol. The number of nitrogens with one attached hydrogen (secondary N) is 3. The number of piperazine rings is 1. The summed E-state index contributed by atoms with van der Waals surface area (Å²) in [4.78, 5) is 22.0. The molecule has 3 rings (SSSR count). The maximum Gasteiger partial charge on any atom is 0.275 e. The highest BCUT2D eigenvalue weighted by Crippen LogP contribution is 2.22. The van der Waals surface area contributed by atoms with E-state index in [0.717, 1.165) is 38.3 Å². The number of ether oxygens (including phenoxy) is 1. The van der Waals surface area contributed by atoms with Gasteiger partial charge in [0.15, 0.2) is 0 Å². The topological polar surface area (TPSA) is 138 Å². The highest BCUT2D eigenvalue weighted by Gasteiger charge is 2.14. The Hall–Kier alpha value is -1.92. The number of hydrazine groups is 1. The highest BCUT2D eigenvalue weighted by atomic mass is 35.5. The molecule has 0 unspecified atom stereocenters. The van der Waals surface area contributed by atoms with Crippen LogP contribution in [0.1, 0.15) is 11.3 Å². The molecule has 12 heteroatoms. The van der Waals surface area contributed by atoms with Gasteiger partial charge in [-0.25, -0.2) is 9.99 Å². The normalized spacial score (nSPS) is 15.1. The molecule has 1 aliphatic heterocycles. The third-order valence-electron chi connectivity index (χ3n) is 5.14. The van der Waals surface area contributed by atoms with E-state index in [1.165, 1.54) is 0 Å². The molecule has 32 heavy (non-hydrogen) atoms. The van der Waals surface area contributed by atoms with Crippen molar-refractivity contribution in [3.63, 3.8) is 0 Å². The van der Waals surface area contributed by atoms with Crippen LogP contribution in [0.25, 0.3) is 0 Å². The lowest BCUT2D eigenvalue weighted by atomic mass is 10.2. The largest absolute Gasteiger partial charge is 0.378 e. The maximum absolute atomic E-state index is 12.5. The van der Waals surface area contributed by atoms with E-state index in [4.69, 9.17) is 39.5 Å². The summed E-state index contributed by atoms with van der Waals surface area (Å²) < 4.78 is 5.68. The minimum Gasteiger partial charge on any atom is -0.378 e. The van der Waals surface area contributed by atoms with Gasteiger partial charge in [0, 0.05) is 52.4 Å². The van der Waals surface area contributed by atoms with Crippen molar-refractivity contribution in [3.05, 3.63) is 49.9 Å². The number of nitrogens with zero attached hydrogens (tertiary/aromatic N) is 3. The van der Waals surface area contributed by atoms with Crippen molar-refractivity contribution in [1.82, 2.24) is 19.9 Å². The maximum atomic E-state index is 12.5. The zero-order valence-corrected chi connectivity index (χ0v) is 19.4. The molecule has 1 fully saturated rings. The van der Waals surface area contributed by atoms with Gasteiger partial charge in [0.2, 0.25) is 5.95 Å². The Bertz CT molecular complexity index is 934. The second-order valence-electron chi connectivity index (χ2n) is 7.46. The van der Waals surface area contributed by atoms with Crippen LogP contribution in [0.3, 0.4) is 0 Å². The van der Waals surface area contributed by atoms with E-state index in [1.54, 1.807) is 12.1 Å². The predicted octanol–water partition coefficient (Wildman–Crippen LogP) is 1.07. The number of rotatable bonds is 11. The predicted molar refractivity (Wildman–Crippen MR) is 128 cm³/mol. The molecule has 176 valence electrons. The Balaban J connectivity index is 1.45. The lowest BCUT2D eigenvalue weighted by Crippen LogP contribution is -2.50. The number of aromatic nitrogens is 2. The first kappa shape index (κ1) is 24.7. The summed E-state index contributed by atoms with van der Waals surface area (Å²) in [7, 11) is 0. The van der Waals surface area contributed by atoms with Crippen molar-refractivity contribution in [2.24, 2.45) is 11.6 Å². The zero-order chi connectivity index (χ0) is 22.9. The van der Waals surface area contributed by atoms with Gasteiger partial charge < -0.3 is 21.1 Å². The van der Waals surface area contributed by atoms with Gasteiger partial charge in [-0.1, -0.05) is 29.3 Å². The molecule has 0 aliphatic carbocycles. The van der Waals surface area contributed by atoms with Gasteiger partial charge in [-0.2, -0.15) is 0 Å². The van der Waals surface area contributed by atoms with Gasteiger partial charge in [-0.15, -0.1) is 0 Å². The molecule has 1 saturated heterocycles. The van der Waals surface area contributed by atoms with E-state index in [1.807, 2.05) is 11.1 Å². The van der Waals surface area contributed by atoms with Crippen LogP contribution in [-0.2, 0) is 17.8 Å². The van der Waals surface area contributed by atoms with Crippen LogP contribution in [0.2, 0.25) is 10.0 Å². The third-order valence-corrected chi connectivity index (χ3v) is 5.88. The van der Waals surface area contributed by atoms with E-state index in [0.29, 0.717) is 53.7 Å². The Kier molecular flexibility index (Phi) is 9.54. The average Bonchev–Trinajstić information content (AvgIpc) is 2.78. The van der Waals surface area contributed by atoms with Crippen molar-refractivity contribution in [2.75, 3.05) is 63.1 Å². The van der Waals surface area contributed by atoms with Gasteiger partial charge in [0.05, 0.1) is 29.0 Å². The van der Waals surface area contributed by atoms with E-state index < -0.39 is 0 Å².